The minimum absolute atomic E-state index is 0.133. The molecule has 0 bridgehead atoms. The lowest BCUT2D eigenvalue weighted by Gasteiger charge is -2.34. The van der Waals surface area contributed by atoms with Gasteiger partial charge in [-0.3, -0.25) is 4.79 Å². The van der Waals surface area contributed by atoms with Crippen molar-refractivity contribution in [2.75, 3.05) is 25.4 Å². The van der Waals surface area contributed by atoms with E-state index in [9.17, 15) is 4.79 Å². The van der Waals surface area contributed by atoms with Crippen LogP contribution in [0.5, 0.6) is 0 Å². The molecule has 0 saturated carbocycles. The number of thioether (sulfide) groups is 1. The number of carbonyl (C=O) groups is 1. The fraction of sp³-hybridized carbons (Fsp3) is 0.562. The summed E-state index contributed by atoms with van der Waals surface area (Å²) in [5, 5.41) is 7.18. The average Bonchev–Trinajstić information content (AvgIpc) is 2.48. The zero-order chi connectivity index (χ0) is 15.1. The van der Waals surface area contributed by atoms with Crippen molar-refractivity contribution in [3.05, 3.63) is 34.9 Å². The molecule has 0 radical (unpaired) electrons. The summed E-state index contributed by atoms with van der Waals surface area (Å²) >= 11 is 7.49. The van der Waals surface area contributed by atoms with E-state index in [0.29, 0.717) is 5.75 Å². The van der Waals surface area contributed by atoms with E-state index in [1.807, 2.05) is 24.3 Å². The first-order valence-electron chi connectivity index (χ1n) is 7.37. The number of carbonyl (C=O) groups excluding carboxylic acids is 1. The molecule has 1 heterocycles. The van der Waals surface area contributed by atoms with Crippen LogP contribution in [0.2, 0.25) is 5.02 Å². The van der Waals surface area contributed by atoms with Gasteiger partial charge >= 0.3 is 0 Å². The van der Waals surface area contributed by atoms with E-state index in [1.165, 1.54) is 5.56 Å². The number of hydrogen-bond acceptors (Lipinski definition) is 3. The monoisotopic (exact) mass is 326 g/mol. The second-order valence-corrected chi connectivity index (χ2v) is 7.38. The average molecular weight is 327 g/mol. The van der Waals surface area contributed by atoms with Crippen LogP contribution < -0.4 is 10.6 Å². The predicted molar refractivity (Wildman–Crippen MR) is 90.8 cm³/mol. The Morgan fingerprint density at radius 1 is 1.33 bits per heavy atom. The van der Waals surface area contributed by atoms with Crippen LogP contribution in [0.25, 0.3) is 0 Å². The van der Waals surface area contributed by atoms with E-state index in [0.717, 1.165) is 43.3 Å². The minimum atomic E-state index is 0.133. The quantitative estimate of drug-likeness (QED) is 0.844. The maximum absolute atomic E-state index is 11.9. The summed E-state index contributed by atoms with van der Waals surface area (Å²) in [6.45, 7) is 5.15. The summed E-state index contributed by atoms with van der Waals surface area (Å²) < 4.78 is 0. The Bertz CT molecular complexity index is 458. The molecule has 1 aliphatic rings. The second kappa shape index (κ2) is 8.06. The van der Waals surface area contributed by atoms with Gasteiger partial charge in [0.25, 0.3) is 0 Å². The summed E-state index contributed by atoms with van der Waals surface area (Å²) in [7, 11) is 0. The third kappa shape index (κ3) is 5.89. The standard InChI is InChI=1S/C16H23ClN2OS/c1-16(6-8-18-9-7-16)12-19-15(20)11-21-10-13-2-4-14(17)5-3-13/h2-5,18H,6-12H2,1H3,(H,19,20). The fourth-order valence-corrected chi connectivity index (χ4v) is 3.36. The van der Waals surface area contributed by atoms with Gasteiger partial charge in [-0.1, -0.05) is 30.7 Å². The number of halogens is 1. The molecule has 1 fully saturated rings. The Labute approximate surface area is 136 Å². The zero-order valence-corrected chi connectivity index (χ0v) is 14.0. The van der Waals surface area contributed by atoms with Crippen LogP contribution >= 0.6 is 23.4 Å². The van der Waals surface area contributed by atoms with E-state index in [4.69, 9.17) is 11.6 Å². The first kappa shape index (κ1) is 16.7. The largest absolute Gasteiger partial charge is 0.355 e. The predicted octanol–water partition coefficient (Wildman–Crippen LogP) is 3.08. The number of rotatable bonds is 6. The van der Waals surface area contributed by atoms with Crippen molar-refractivity contribution >= 4 is 29.3 Å². The lowest BCUT2D eigenvalue weighted by Crippen LogP contribution is -2.43. The van der Waals surface area contributed by atoms with Gasteiger partial charge in [-0.25, -0.2) is 0 Å². The molecule has 1 aromatic rings. The smallest absolute Gasteiger partial charge is 0.230 e. The molecule has 0 atom stereocenters. The molecule has 21 heavy (non-hydrogen) atoms. The molecule has 3 nitrogen and oxygen atoms in total. The van der Waals surface area contributed by atoms with Gasteiger partial charge in [-0.05, 0) is 49.0 Å². The summed E-state index contributed by atoms with van der Waals surface area (Å²) in [5.74, 6) is 1.48. The molecule has 5 heteroatoms. The van der Waals surface area contributed by atoms with Gasteiger partial charge in [0.05, 0.1) is 5.75 Å². The third-order valence-electron chi connectivity index (χ3n) is 3.94. The van der Waals surface area contributed by atoms with Crippen molar-refractivity contribution in [3.63, 3.8) is 0 Å². The van der Waals surface area contributed by atoms with Gasteiger partial charge in [0.1, 0.15) is 0 Å². The van der Waals surface area contributed by atoms with Crippen molar-refractivity contribution in [3.8, 4) is 0 Å². The van der Waals surface area contributed by atoms with Gasteiger partial charge in [0.15, 0.2) is 0 Å². The van der Waals surface area contributed by atoms with Crippen LogP contribution in [0.15, 0.2) is 24.3 Å². The molecule has 1 aliphatic heterocycles. The van der Waals surface area contributed by atoms with Crippen LogP contribution in [0, 0.1) is 5.41 Å². The maximum Gasteiger partial charge on any atom is 0.230 e. The number of benzene rings is 1. The molecule has 0 aliphatic carbocycles. The van der Waals surface area contributed by atoms with Crippen LogP contribution in [0.4, 0.5) is 0 Å². The van der Waals surface area contributed by atoms with Gasteiger partial charge in [0.2, 0.25) is 5.91 Å². The van der Waals surface area contributed by atoms with Crippen molar-refractivity contribution in [2.45, 2.75) is 25.5 Å². The maximum atomic E-state index is 11.9. The van der Waals surface area contributed by atoms with Crippen LogP contribution in [0.3, 0.4) is 0 Å². The summed E-state index contributed by atoms with van der Waals surface area (Å²) in [6, 6.07) is 7.78. The van der Waals surface area contributed by atoms with Crippen LogP contribution in [-0.2, 0) is 10.5 Å². The number of piperidine rings is 1. The van der Waals surface area contributed by atoms with E-state index in [2.05, 4.69) is 17.6 Å². The van der Waals surface area contributed by atoms with Crippen molar-refractivity contribution in [1.82, 2.24) is 10.6 Å². The number of amides is 1. The molecule has 2 rings (SSSR count). The second-order valence-electron chi connectivity index (χ2n) is 5.96. The third-order valence-corrected chi connectivity index (χ3v) is 5.19. The van der Waals surface area contributed by atoms with E-state index in [1.54, 1.807) is 11.8 Å². The normalized spacial score (nSPS) is 17.4. The topological polar surface area (TPSA) is 41.1 Å². The first-order valence-corrected chi connectivity index (χ1v) is 8.90. The molecule has 2 N–H and O–H groups in total. The molecule has 1 saturated heterocycles. The molecule has 0 unspecified atom stereocenters. The minimum Gasteiger partial charge on any atom is -0.355 e. The highest BCUT2D eigenvalue weighted by Crippen LogP contribution is 2.26. The van der Waals surface area contributed by atoms with Gasteiger partial charge in [-0.2, -0.15) is 0 Å². The summed E-state index contributed by atoms with van der Waals surface area (Å²) in [4.78, 5) is 11.9. The molecular weight excluding hydrogens is 304 g/mol. The van der Waals surface area contributed by atoms with Gasteiger partial charge in [0, 0.05) is 17.3 Å². The van der Waals surface area contributed by atoms with Crippen LogP contribution in [-0.4, -0.2) is 31.3 Å². The van der Waals surface area contributed by atoms with E-state index in [-0.39, 0.29) is 11.3 Å². The first-order chi connectivity index (χ1) is 10.1. The Kier molecular flexibility index (Phi) is 6.40. The zero-order valence-electron chi connectivity index (χ0n) is 12.5. The lowest BCUT2D eigenvalue weighted by molar-refractivity contribution is -0.119. The van der Waals surface area contributed by atoms with Crippen LogP contribution in [0.1, 0.15) is 25.3 Å². The SMILES string of the molecule is CC1(CNC(=O)CSCc2ccc(Cl)cc2)CCNCC1. The molecule has 0 spiro atoms. The molecule has 1 aromatic carbocycles. The van der Waals surface area contributed by atoms with Crippen molar-refractivity contribution < 1.29 is 4.79 Å². The number of hydrogen-bond donors (Lipinski definition) is 2. The van der Waals surface area contributed by atoms with E-state index >= 15 is 0 Å². The lowest BCUT2D eigenvalue weighted by atomic mass is 9.81. The Hall–Kier alpha value is -0.710. The van der Waals surface area contributed by atoms with Gasteiger partial charge < -0.3 is 10.6 Å². The Morgan fingerprint density at radius 3 is 2.67 bits per heavy atom. The molecule has 116 valence electrons. The Balaban J connectivity index is 1.64. The highest BCUT2D eigenvalue weighted by atomic mass is 35.5. The van der Waals surface area contributed by atoms with Gasteiger partial charge in [-0.15, -0.1) is 11.8 Å². The van der Waals surface area contributed by atoms with Crippen molar-refractivity contribution in [2.24, 2.45) is 5.41 Å². The summed E-state index contributed by atoms with van der Waals surface area (Å²) in [6.07, 6.45) is 2.26. The number of nitrogens with one attached hydrogen (secondary N) is 2. The van der Waals surface area contributed by atoms with E-state index < -0.39 is 0 Å². The highest BCUT2D eigenvalue weighted by Gasteiger charge is 2.26. The Morgan fingerprint density at radius 2 is 2.00 bits per heavy atom. The molecule has 0 aromatic heterocycles. The summed E-state index contributed by atoms with van der Waals surface area (Å²) in [5.41, 5.74) is 1.45. The molecule has 1 amide bonds. The molecular formula is C16H23ClN2OS. The highest BCUT2D eigenvalue weighted by molar-refractivity contribution is 7.99. The van der Waals surface area contributed by atoms with Crippen molar-refractivity contribution in [1.29, 1.82) is 0 Å². The fourth-order valence-electron chi connectivity index (χ4n) is 2.41.